The van der Waals surface area contributed by atoms with Crippen molar-refractivity contribution in [3.63, 3.8) is 0 Å². The molecule has 0 bridgehead atoms. The van der Waals surface area contributed by atoms with Crippen molar-refractivity contribution in [3.8, 4) is 39.6 Å². The number of hydrogen-bond acceptors (Lipinski definition) is 3. The second-order valence-corrected chi connectivity index (χ2v) is 21.6. The van der Waals surface area contributed by atoms with Gasteiger partial charge in [-0.05, 0) is 115 Å². The van der Waals surface area contributed by atoms with Crippen LogP contribution in [0.4, 0.5) is 11.4 Å². The predicted octanol–water partition coefficient (Wildman–Crippen LogP) is 18.5. The van der Waals surface area contributed by atoms with Crippen molar-refractivity contribution in [1.29, 1.82) is 0 Å². The minimum absolute atomic E-state index is 0.0495. The molecule has 0 unspecified atom stereocenters. The van der Waals surface area contributed by atoms with Crippen LogP contribution in [0.15, 0.2) is 218 Å². The zero-order valence-electron chi connectivity index (χ0n) is 43.1. The van der Waals surface area contributed by atoms with Crippen molar-refractivity contribution < 1.29 is 6.11 Å². The Morgan fingerprint density at radius 1 is 0.452 bits per heavy atom. The van der Waals surface area contributed by atoms with Gasteiger partial charge in [-0.1, -0.05) is 187 Å². The number of rotatable bonds is 6. The Labute approximate surface area is 427 Å². The lowest BCUT2D eigenvalue weighted by Gasteiger charge is -2.22. The molecule has 0 spiro atoms. The second-order valence-electron chi connectivity index (χ2n) is 21.6. The predicted molar refractivity (Wildman–Crippen MR) is 308 cm³/mol. The number of anilines is 2. The van der Waals surface area contributed by atoms with Crippen LogP contribution < -0.4 is 9.64 Å². The Morgan fingerprint density at radius 3 is 1.84 bits per heavy atom. The Balaban J connectivity index is 0.983. The van der Waals surface area contributed by atoms with Crippen molar-refractivity contribution in [2.24, 2.45) is 0 Å². The van der Waals surface area contributed by atoms with E-state index in [4.69, 9.17) is 11.1 Å². The lowest BCUT2D eigenvalue weighted by atomic mass is 9.85. The molecular formula is C68H56N4O. The maximum Gasteiger partial charge on any atom is 0.137 e. The molecule has 1 aliphatic heterocycles. The molecule has 354 valence electrons. The van der Waals surface area contributed by atoms with Gasteiger partial charge in [-0.2, -0.15) is 0 Å². The number of benzene rings is 9. The van der Waals surface area contributed by atoms with Crippen LogP contribution in [-0.2, 0) is 17.5 Å². The topological polar surface area (TPSA) is 35.2 Å². The van der Waals surface area contributed by atoms with E-state index in [2.05, 4.69) is 250 Å². The monoisotopic (exact) mass is 945 g/mol. The smallest absolute Gasteiger partial charge is 0.137 e. The van der Waals surface area contributed by atoms with Crippen LogP contribution in [0.25, 0.3) is 93.2 Å². The Hall–Kier alpha value is -8.67. The van der Waals surface area contributed by atoms with Crippen LogP contribution in [0.3, 0.4) is 0 Å². The van der Waals surface area contributed by atoms with Gasteiger partial charge in [0.2, 0.25) is 0 Å². The van der Waals surface area contributed by atoms with E-state index in [1.54, 1.807) is 0 Å². The molecule has 0 saturated carbocycles. The van der Waals surface area contributed by atoms with Gasteiger partial charge in [-0.25, -0.2) is 4.98 Å². The summed E-state index contributed by atoms with van der Waals surface area (Å²) in [6.07, 6.45) is 1.93. The van der Waals surface area contributed by atoms with Crippen molar-refractivity contribution >= 4 is 76.5 Å². The third-order valence-corrected chi connectivity index (χ3v) is 14.9. The van der Waals surface area contributed by atoms with E-state index in [9.17, 15) is 0 Å². The van der Waals surface area contributed by atoms with Gasteiger partial charge in [0.05, 0.1) is 29.1 Å². The fraction of sp³-hybridized carbons (Fsp3) is 0.132. The summed E-state index contributed by atoms with van der Waals surface area (Å²) < 4.78 is 20.8. The Bertz CT molecular complexity index is 4300. The molecule has 12 aromatic rings. The first-order valence-corrected chi connectivity index (χ1v) is 25.4. The summed E-state index contributed by atoms with van der Waals surface area (Å²) >= 11 is 0. The zero-order valence-corrected chi connectivity index (χ0v) is 42.1. The largest absolute Gasteiger partial charge is 0.457 e. The van der Waals surface area contributed by atoms with E-state index in [0.717, 1.165) is 89.0 Å². The minimum atomic E-state index is -0.135. The summed E-state index contributed by atoms with van der Waals surface area (Å²) in [6, 6.07) is 74.5. The van der Waals surface area contributed by atoms with Gasteiger partial charge in [-0.3, -0.25) is 4.57 Å². The number of nitrogens with zero attached hydrogens (tertiary/aromatic N) is 4. The molecule has 0 N–H and O–H groups in total. The van der Waals surface area contributed by atoms with Crippen LogP contribution >= 0.6 is 0 Å². The minimum Gasteiger partial charge on any atom is -0.457 e. The van der Waals surface area contributed by atoms with Crippen LogP contribution in [0, 0.1) is 0 Å². The first kappa shape index (κ1) is 43.1. The highest BCUT2D eigenvalue weighted by atomic mass is 16.5. The average molecular weight is 946 g/mol. The number of hydrogen-bond donors (Lipinski definition) is 0. The third kappa shape index (κ3) is 7.58. The van der Waals surface area contributed by atoms with Gasteiger partial charge in [0.1, 0.15) is 24.0 Å². The Morgan fingerprint density at radius 2 is 1.10 bits per heavy atom. The zero-order chi connectivity index (χ0) is 50.5. The summed E-state index contributed by atoms with van der Waals surface area (Å²) in [5.74, 6) is 2.35. The molecule has 1 aliphatic rings. The van der Waals surface area contributed by atoms with Gasteiger partial charge in [0, 0.05) is 51.1 Å². The van der Waals surface area contributed by atoms with Crippen LogP contribution in [0.2, 0.25) is 0 Å². The van der Waals surface area contributed by atoms with E-state index >= 15 is 0 Å². The molecule has 0 aliphatic carbocycles. The lowest BCUT2D eigenvalue weighted by Crippen LogP contribution is -2.15. The molecule has 0 fully saturated rings. The molecule has 5 heteroatoms. The average Bonchev–Trinajstić information content (AvgIpc) is 3.97. The van der Waals surface area contributed by atoms with E-state index in [1.165, 1.54) is 38.2 Å². The SMILES string of the molecule is [2H]c1cc(-c2cccc3c4ccccc4c4ccccc4c4cccc5c4n(c23)CN5c2cccc(Oc3ccc4c5cc(-c6ccccc6)ccc5n(-c5cc(C(C)(C)C)ccn5)c4c3)c2)cc(C(C)(C)C)c1. The number of fused-ring (bicyclic) bond motifs is 10. The molecule has 9 aromatic carbocycles. The van der Waals surface area contributed by atoms with Gasteiger partial charge >= 0.3 is 0 Å². The van der Waals surface area contributed by atoms with Gasteiger partial charge < -0.3 is 14.2 Å². The van der Waals surface area contributed by atoms with E-state index in [-0.39, 0.29) is 10.8 Å². The molecule has 13 rings (SSSR count). The van der Waals surface area contributed by atoms with Crippen LogP contribution in [0.5, 0.6) is 11.5 Å². The second kappa shape index (κ2) is 17.0. The third-order valence-electron chi connectivity index (χ3n) is 14.9. The van der Waals surface area contributed by atoms with Crippen molar-refractivity contribution in [2.75, 3.05) is 4.90 Å². The van der Waals surface area contributed by atoms with E-state index in [1.807, 2.05) is 18.3 Å². The maximum absolute atomic E-state index is 9.07. The molecule has 0 saturated heterocycles. The van der Waals surface area contributed by atoms with Gasteiger partial charge in [0.15, 0.2) is 0 Å². The fourth-order valence-corrected chi connectivity index (χ4v) is 11.2. The first-order chi connectivity index (χ1) is 35.9. The maximum atomic E-state index is 9.07. The fourth-order valence-electron chi connectivity index (χ4n) is 11.2. The molecule has 3 aromatic heterocycles. The highest BCUT2D eigenvalue weighted by molar-refractivity contribution is 6.22. The molecule has 0 radical (unpaired) electrons. The number of aromatic nitrogens is 3. The normalized spacial score (nSPS) is 12.9. The van der Waals surface area contributed by atoms with Crippen molar-refractivity contribution in [1.82, 2.24) is 14.1 Å². The standard InChI is InChI=1S/C68H56N4O/c1-67(2,3)47-21-14-20-46(38-47)52-28-16-29-58-55-26-12-10-24-53(55)54-25-11-13-27-56(54)59-30-17-31-62-66(59)71(65(52)58)43-70(62)49-22-15-23-50(41-49)73-51-33-34-57-60-39-45(44-18-8-7-9-19-44)32-35-61(60)72(63(57)42-51)64-40-48(36-37-69-64)68(4,5)6/h7-42H,43H2,1-6H3/i14D. The number of para-hydroxylation sites is 2. The summed E-state index contributed by atoms with van der Waals surface area (Å²) in [4.78, 5) is 7.41. The summed E-state index contributed by atoms with van der Waals surface area (Å²) in [7, 11) is 0. The molecule has 73 heavy (non-hydrogen) atoms. The van der Waals surface area contributed by atoms with Crippen LogP contribution in [0.1, 0.15) is 54.0 Å². The molecule has 5 nitrogen and oxygen atoms in total. The van der Waals surface area contributed by atoms with Crippen LogP contribution in [-0.4, -0.2) is 14.1 Å². The molecule has 0 amide bonds. The highest BCUT2D eigenvalue weighted by Crippen LogP contribution is 2.46. The van der Waals surface area contributed by atoms with Crippen molar-refractivity contribution in [2.45, 2.75) is 59.0 Å². The van der Waals surface area contributed by atoms with Crippen molar-refractivity contribution in [3.05, 3.63) is 230 Å². The quantitative estimate of drug-likeness (QED) is 0.167. The number of pyridine rings is 1. The summed E-state index contributed by atoms with van der Waals surface area (Å²) in [6.45, 7) is 14.0. The molecular weight excluding hydrogens is 889 g/mol. The summed E-state index contributed by atoms with van der Waals surface area (Å²) in [5.41, 5.74) is 13.1. The summed E-state index contributed by atoms with van der Waals surface area (Å²) in [5, 5.41) is 9.34. The Kier molecular flexibility index (Phi) is 10.0. The molecule has 0 atom stereocenters. The lowest BCUT2D eigenvalue weighted by molar-refractivity contribution is 0.483. The van der Waals surface area contributed by atoms with Gasteiger partial charge in [0.25, 0.3) is 0 Å². The van der Waals surface area contributed by atoms with E-state index < -0.39 is 0 Å². The highest BCUT2D eigenvalue weighted by Gasteiger charge is 2.26. The van der Waals surface area contributed by atoms with E-state index in [0.29, 0.717) is 12.7 Å². The number of ether oxygens (including phenoxy) is 1. The van der Waals surface area contributed by atoms with Gasteiger partial charge in [-0.15, -0.1) is 0 Å². The molecule has 4 heterocycles. The first-order valence-electron chi connectivity index (χ1n) is 25.9.